The smallest absolute Gasteiger partial charge is 0.338 e. The first-order valence-electron chi connectivity index (χ1n) is 11.6. The average molecular weight is 523 g/mol. The lowest BCUT2D eigenvalue weighted by molar-refractivity contribution is -0.140. The van der Waals surface area contributed by atoms with Crippen LogP contribution in [0.2, 0.25) is 0 Å². The summed E-state index contributed by atoms with van der Waals surface area (Å²) in [4.78, 5) is 40.2. The third-order valence-corrected chi connectivity index (χ3v) is 6.73. The SMILES string of the molecule is CCOC(=O)C1=C(N)n2c(s/c(=C\c3ccc(O)cc3)c2=O)=C(C(=O)OC(C)C)[C@@H]1c1ccc(O)cc1. The average Bonchev–Trinajstić information content (AvgIpc) is 3.16. The third kappa shape index (κ3) is 5.01. The van der Waals surface area contributed by atoms with Crippen molar-refractivity contribution in [2.45, 2.75) is 32.8 Å². The number of aromatic nitrogens is 1. The molecule has 0 spiro atoms. The van der Waals surface area contributed by atoms with Crippen molar-refractivity contribution in [1.29, 1.82) is 0 Å². The first-order valence-corrected chi connectivity index (χ1v) is 12.4. The molecule has 1 aliphatic heterocycles. The Kier molecular flexibility index (Phi) is 7.21. The molecule has 4 N–H and O–H groups in total. The summed E-state index contributed by atoms with van der Waals surface area (Å²) >= 11 is 1.04. The second-order valence-electron chi connectivity index (χ2n) is 8.56. The molecule has 1 aliphatic rings. The summed E-state index contributed by atoms with van der Waals surface area (Å²) in [5, 5.41) is 19.4. The predicted octanol–water partition coefficient (Wildman–Crippen LogP) is 1.74. The largest absolute Gasteiger partial charge is 0.508 e. The fraction of sp³-hybridized carbons (Fsp3) is 0.222. The molecule has 9 nitrogen and oxygen atoms in total. The van der Waals surface area contributed by atoms with Crippen LogP contribution in [0.1, 0.15) is 37.8 Å². The lowest BCUT2D eigenvalue weighted by Gasteiger charge is -2.27. The lowest BCUT2D eigenvalue weighted by Crippen LogP contribution is -2.42. The van der Waals surface area contributed by atoms with Gasteiger partial charge in [0.2, 0.25) is 0 Å². The van der Waals surface area contributed by atoms with Crippen molar-refractivity contribution in [3.05, 3.63) is 84.8 Å². The number of nitrogens with zero attached hydrogens (tertiary/aromatic N) is 1. The van der Waals surface area contributed by atoms with Gasteiger partial charge in [0.15, 0.2) is 0 Å². The molecule has 10 heteroatoms. The van der Waals surface area contributed by atoms with Crippen molar-refractivity contribution in [1.82, 2.24) is 4.57 Å². The minimum atomic E-state index is -1.01. The summed E-state index contributed by atoms with van der Waals surface area (Å²) in [7, 11) is 0. The van der Waals surface area contributed by atoms with Crippen LogP contribution in [0.25, 0.3) is 17.5 Å². The standard InChI is InChI=1S/C27H26N2O7S/c1-4-35-26(33)21-20(16-7-11-18(31)12-8-16)22(27(34)36-14(2)3)25-29(23(21)28)24(32)19(37-25)13-15-5-9-17(30)10-6-15/h5-14,20,30-31H,4,28H2,1-3H3/b19-13-/t20-/m1/s1. The number of hydrogen-bond acceptors (Lipinski definition) is 9. The molecule has 0 radical (unpaired) electrons. The van der Waals surface area contributed by atoms with Crippen LogP contribution in [0, 0.1) is 0 Å². The summed E-state index contributed by atoms with van der Waals surface area (Å²) in [6, 6.07) is 12.3. The van der Waals surface area contributed by atoms with Crippen molar-refractivity contribution >= 4 is 40.7 Å². The number of phenolic OH excluding ortho intramolecular Hbond substituents is 2. The highest BCUT2D eigenvalue weighted by atomic mass is 32.1. The highest BCUT2D eigenvalue weighted by molar-refractivity contribution is 7.07. The van der Waals surface area contributed by atoms with Gasteiger partial charge >= 0.3 is 11.9 Å². The molecule has 1 aromatic heterocycles. The van der Waals surface area contributed by atoms with Crippen LogP contribution in [-0.4, -0.2) is 39.4 Å². The molecule has 0 aliphatic carbocycles. The maximum Gasteiger partial charge on any atom is 0.338 e. The molecule has 0 amide bonds. The van der Waals surface area contributed by atoms with Gasteiger partial charge < -0.3 is 25.4 Å². The van der Waals surface area contributed by atoms with Gasteiger partial charge in [0.25, 0.3) is 5.56 Å². The second kappa shape index (κ2) is 10.4. The van der Waals surface area contributed by atoms with E-state index in [1.807, 2.05) is 0 Å². The Morgan fingerprint density at radius 2 is 1.62 bits per heavy atom. The number of esters is 2. The normalized spacial score (nSPS) is 15.6. The number of aromatic hydroxyl groups is 2. The molecule has 192 valence electrons. The minimum Gasteiger partial charge on any atom is -0.508 e. The Balaban J connectivity index is 2.10. The number of phenols is 2. The van der Waals surface area contributed by atoms with Gasteiger partial charge in [-0.2, -0.15) is 0 Å². The molecule has 0 saturated heterocycles. The summed E-state index contributed by atoms with van der Waals surface area (Å²) in [5.74, 6) is -2.58. The lowest BCUT2D eigenvalue weighted by atomic mass is 9.83. The van der Waals surface area contributed by atoms with E-state index in [2.05, 4.69) is 0 Å². The quantitative estimate of drug-likeness (QED) is 0.416. The van der Waals surface area contributed by atoms with Gasteiger partial charge in [0.1, 0.15) is 22.0 Å². The summed E-state index contributed by atoms with van der Waals surface area (Å²) < 4.78 is 12.4. The molecule has 0 saturated carbocycles. The maximum atomic E-state index is 13.5. The van der Waals surface area contributed by atoms with Crippen molar-refractivity contribution < 1.29 is 29.3 Å². The zero-order chi connectivity index (χ0) is 26.9. The molecular weight excluding hydrogens is 496 g/mol. The fourth-order valence-electron chi connectivity index (χ4n) is 4.05. The van der Waals surface area contributed by atoms with Crippen molar-refractivity contribution in [2.24, 2.45) is 5.73 Å². The van der Waals surface area contributed by atoms with Crippen LogP contribution in [0.15, 0.2) is 58.9 Å². The molecule has 3 aromatic rings. The number of fused-ring (bicyclic) bond motifs is 1. The minimum absolute atomic E-state index is 0.000631. The van der Waals surface area contributed by atoms with Gasteiger partial charge in [0.05, 0.1) is 34.3 Å². The molecule has 37 heavy (non-hydrogen) atoms. The van der Waals surface area contributed by atoms with E-state index >= 15 is 0 Å². The van der Waals surface area contributed by atoms with E-state index in [4.69, 9.17) is 15.2 Å². The first kappa shape index (κ1) is 25.8. The molecule has 4 rings (SSSR count). The Labute approximate surface area is 216 Å². The summed E-state index contributed by atoms with van der Waals surface area (Å²) in [6.07, 6.45) is 1.13. The number of hydrogen-bond donors (Lipinski definition) is 3. The van der Waals surface area contributed by atoms with Crippen molar-refractivity contribution in [3.63, 3.8) is 0 Å². The second-order valence-corrected chi connectivity index (χ2v) is 9.59. The van der Waals surface area contributed by atoms with Crippen LogP contribution in [-0.2, 0) is 19.1 Å². The number of rotatable bonds is 6. The molecule has 2 heterocycles. The van der Waals surface area contributed by atoms with E-state index in [0.29, 0.717) is 11.1 Å². The number of carbonyl (C=O) groups excluding carboxylic acids is 2. The van der Waals surface area contributed by atoms with Crippen LogP contribution in [0.5, 0.6) is 11.5 Å². The van der Waals surface area contributed by atoms with Crippen molar-refractivity contribution in [2.75, 3.05) is 6.61 Å². The maximum absolute atomic E-state index is 13.5. The topological polar surface area (TPSA) is 141 Å². The Morgan fingerprint density at radius 3 is 2.19 bits per heavy atom. The summed E-state index contributed by atoms with van der Waals surface area (Å²) in [6.45, 7) is 5.07. The van der Waals surface area contributed by atoms with Gasteiger partial charge in [-0.3, -0.25) is 9.36 Å². The van der Waals surface area contributed by atoms with Gasteiger partial charge in [-0.1, -0.05) is 24.3 Å². The van der Waals surface area contributed by atoms with Gasteiger partial charge in [-0.15, -0.1) is 11.3 Å². The number of thiazole rings is 1. The zero-order valence-electron chi connectivity index (χ0n) is 20.4. The molecule has 0 bridgehead atoms. The monoisotopic (exact) mass is 522 g/mol. The highest BCUT2D eigenvalue weighted by Gasteiger charge is 2.40. The molecular formula is C27H26N2O7S. The molecule has 1 atom stereocenters. The predicted molar refractivity (Wildman–Crippen MR) is 139 cm³/mol. The van der Waals surface area contributed by atoms with E-state index in [9.17, 15) is 24.6 Å². The van der Waals surface area contributed by atoms with Gasteiger partial charge in [0, 0.05) is 0 Å². The molecule has 0 fully saturated rings. The van der Waals surface area contributed by atoms with E-state index in [0.717, 1.165) is 15.9 Å². The van der Waals surface area contributed by atoms with Crippen LogP contribution in [0.4, 0.5) is 0 Å². The molecule has 2 aromatic carbocycles. The van der Waals surface area contributed by atoms with E-state index in [-0.39, 0.29) is 44.3 Å². The Bertz CT molecular complexity index is 1560. The number of nitrogens with two attached hydrogens (primary N) is 1. The number of ether oxygens (including phenoxy) is 2. The van der Waals surface area contributed by atoms with Gasteiger partial charge in [-0.25, -0.2) is 9.59 Å². The Morgan fingerprint density at radius 1 is 1.03 bits per heavy atom. The van der Waals surface area contributed by atoms with E-state index < -0.39 is 29.5 Å². The first-order chi connectivity index (χ1) is 17.6. The van der Waals surface area contributed by atoms with Crippen LogP contribution in [0.3, 0.4) is 0 Å². The third-order valence-electron chi connectivity index (χ3n) is 5.62. The van der Waals surface area contributed by atoms with Crippen LogP contribution < -0.4 is 20.5 Å². The van der Waals surface area contributed by atoms with Crippen LogP contribution >= 0.6 is 11.3 Å². The summed E-state index contributed by atoms with van der Waals surface area (Å²) in [5.41, 5.74) is 7.04. The van der Waals surface area contributed by atoms with E-state index in [1.165, 1.54) is 24.3 Å². The van der Waals surface area contributed by atoms with Gasteiger partial charge in [-0.05, 0) is 62.2 Å². The fourth-order valence-corrected chi connectivity index (χ4v) is 5.22. The highest BCUT2D eigenvalue weighted by Crippen LogP contribution is 2.38. The molecule has 0 unspecified atom stereocenters. The number of benzene rings is 2. The van der Waals surface area contributed by atoms with E-state index in [1.54, 1.807) is 51.1 Å². The Hall–Kier alpha value is -4.31. The number of carbonyl (C=O) groups is 2. The van der Waals surface area contributed by atoms with Crippen molar-refractivity contribution in [3.8, 4) is 11.5 Å². The zero-order valence-corrected chi connectivity index (χ0v) is 21.2.